The van der Waals surface area contributed by atoms with Crippen molar-refractivity contribution in [3.63, 3.8) is 0 Å². The molecule has 0 radical (unpaired) electrons. The molecule has 66 heavy (non-hydrogen) atoms. The topological polar surface area (TPSA) is 141 Å². The Morgan fingerprint density at radius 3 is 1.62 bits per heavy atom. The molecule has 0 aromatic heterocycles. The number of nitrogens with zero attached hydrogens (tertiary/aromatic N) is 2. The minimum absolute atomic E-state index is 0.122. The van der Waals surface area contributed by atoms with Gasteiger partial charge in [0.05, 0.1) is 70.1 Å². The number of allylic oxidation sites excluding steroid dienone is 2. The molecule has 3 fully saturated rings. The molecule has 0 bridgehead atoms. The molecule has 5 aromatic rings. The normalized spacial score (nSPS) is 22.3. The van der Waals surface area contributed by atoms with E-state index < -0.39 is 41.4 Å². The Balaban J connectivity index is 1.02. The molecule has 2 aliphatic heterocycles. The standard InChI is InChI=1S/C54H50N2O10/c1-6-66-46-9-7-8-40(50(46)57)47-39-24-25-41-48(53(60)55(51(41)58)35-18-12-31(13-19-35)10-16-33-28-37(62-2)22-26-44(33)64-4)42(39)30-43-49(47)54(61)56(52(43)59)36-20-14-32(15-21-36)11-17-34-29-38(63-3)23-27-45(34)65-5/h7-24,26-29,41-43,47-49,57H,6,25,30H2,1-5H3/t41-,42+,43+,47+,48-,49+/m0/s1. The van der Waals surface area contributed by atoms with Crippen LogP contribution in [0.15, 0.2) is 115 Å². The predicted molar refractivity (Wildman–Crippen MR) is 252 cm³/mol. The van der Waals surface area contributed by atoms with Gasteiger partial charge >= 0.3 is 0 Å². The molecule has 12 nitrogen and oxygen atoms in total. The lowest BCUT2D eigenvalue weighted by atomic mass is 9.57. The first-order valence-corrected chi connectivity index (χ1v) is 22.0. The van der Waals surface area contributed by atoms with Crippen molar-refractivity contribution in [2.75, 3.05) is 44.8 Å². The summed E-state index contributed by atoms with van der Waals surface area (Å²) in [6, 6.07) is 30.6. The van der Waals surface area contributed by atoms with E-state index in [9.17, 15) is 24.3 Å². The summed E-state index contributed by atoms with van der Waals surface area (Å²) in [5, 5.41) is 11.8. The van der Waals surface area contributed by atoms with Gasteiger partial charge in [-0.2, -0.15) is 0 Å². The lowest BCUT2D eigenvalue weighted by Gasteiger charge is -2.44. The Kier molecular flexibility index (Phi) is 12.0. The van der Waals surface area contributed by atoms with Gasteiger partial charge in [-0.25, -0.2) is 0 Å². The molecule has 2 saturated heterocycles. The molecule has 6 atom stereocenters. The van der Waals surface area contributed by atoms with Gasteiger partial charge in [0.15, 0.2) is 11.5 Å². The van der Waals surface area contributed by atoms with Crippen LogP contribution in [0.5, 0.6) is 34.5 Å². The van der Waals surface area contributed by atoms with Crippen molar-refractivity contribution < 1.29 is 48.0 Å². The molecule has 12 heteroatoms. The highest BCUT2D eigenvalue weighted by Crippen LogP contribution is 2.60. The number of phenolic OH excluding ortho intramolecular Hbond substituents is 1. The lowest BCUT2D eigenvalue weighted by molar-refractivity contribution is -0.126. The summed E-state index contributed by atoms with van der Waals surface area (Å²) in [7, 11) is 6.41. The number of anilines is 2. The first-order valence-electron chi connectivity index (χ1n) is 22.0. The van der Waals surface area contributed by atoms with Crippen molar-refractivity contribution in [1.29, 1.82) is 0 Å². The van der Waals surface area contributed by atoms with Crippen LogP contribution < -0.4 is 33.5 Å². The molecule has 5 aromatic carbocycles. The number of hydrogen-bond donors (Lipinski definition) is 1. The molecular weight excluding hydrogens is 837 g/mol. The van der Waals surface area contributed by atoms with E-state index in [2.05, 4.69) is 0 Å². The number of hydrogen-bond acceptors (Lipinski definition) is 10. The molecule has 1 N–H and O–H groups in total. The third kappa shape index (κ3) is 7.65. The maximum Gasteiger partial charge on any atom is 0.238 e. The molecule has 1 saturated carbocycles. The second kappa shape index (κ2) is 18.1. The lowest BCUT2D eigenvalue weighted by Crippen LogP contribution is -2.43. The third-order valence-electron chi connectivity index (χ3n) is 13.4. The molecule has 0 spiro atoms. The Morgan fingerprint density at radius 2 is 1.11 bits per heavy atom. The van der Waals surface area contributed by atoms with Crippen molar-refractivity contribution in [2.24, 2.45) is 29.6 Å². The van der Waals surface area contributed by atoms with E-state index in [1.165, 1.54) is 9.80 Å². The summed E-state index contributed by atoms with van der Waals surface area (Å²) < 4.78 is 27.6. The zero-order valence-electron chi connectivity index (χ0n) is 37.3. The smallest absolute Gasteiger partial charge is 0.238 e. The van der Waals surface area contributed by atoms with E-state index >= 15 is 0 Å². The third-order valence-corrected chi connectivity index (χ3v) is 13.4. The number of carbonyl (C=O) groups is 4. The summed E-state index contributed by atoms with van der Waals surface area (Å²) in [5.74, 6) is -3.01. The van der Waals surface area contributed by atoms with E-state index in [1.54, 1.807) is 70.9 Å². The van der Waals surface area contributed by atoms with Crippen LogP contribution in [0.4, 0.5) is 11.4 Å². The zero-order chi connectivity index (χ0) is 46.2. The molecule has 2 heterocycles. The number of imide groups is 2. The van der Waals surface area contributed by atoms with Gasteiger partial charge in [-0.05, 0) is 104 Å². The van der Waals surface area contributed by atoms with E-state index in [4.69, 9.17) is 23.7 Å². The SMILES string of the molecule is CCOc1cccc([C@H]2C3=CC[C@@H]4C(=O)N(c5ccc(C=Cc6cc(OC)ccc6OC)cc5)C(=O)[C@@H]4[C@@H]3C[C@H]3C(=O)N(c4ccc(C=Cc5cc(OC)ccc5OC)cc4)C(=O)[C@@H]23)c1O. The summed E-state index contributed by atoms with van der Waals surface area (Å²) in [5.41, 5.74) is 5.37. The van der Waals surface area contributed by atoms with Crippen molar-refractivity contribution in [3.8, 4) is 34.5 Å². The van der Waals surface area contributed by atoms with Crippen LogP contribution in [-0.4, -0.2) is 63.8 Å². The number of methoxy groups -OCH3 is 4. The largest absolute Gasteiger partial charge is 0.504 e. The minimum Gasteiger partial charge on any atom is -0.504 e. The van der Waals surface area contributed by atoms with Gasteiger partial charge in [0.2, 0.25) is 23.6 Å². The highest BCUT2D eigenvalue weighted by atomic mass is 16.5. The fourth-order valence-corrected chi connectivity index (χ4v) is 10.3. The average Bonchev–Trinajstić information content (AvgIpc) is 3.75. The number of para-hydroxylation sites is 1. The van der Waals surface area contributed by atoms with E-state index in [-0.39, 0.29) is 42.1 Å². The maximum absolute atomic E-state index is 14.8. The maximum atomic E-state index is 14.8. The van der Waals surface area contributed by atoms with Crippen LogP contribution in [0.1, 0.15) is 53.5 Å². The second-order valence-electron chi connectivity index (χ2n) is 16.7. The first-order chi connectivity index (χ1) is 32.1. The highest BCUT2D eigenvalue weighted by Gasteiger charge is 2.62. The number of phenols is 1. The van der Waals surface area contributed by atoms with Crippen LogP contribution >= 0.6 is 0 Å². The Morgan fingerprint density at radius 1 is 0.576 bits per heavy atom. The number of amides is 4. The van der Waals surface area contributed by atoms with Gasteiger partial charge in [-0.3, -0.25) is 29.0 Å². The van der Waals surface area contributed by atoms with Gasteiger partial charge in [0.25, 0.3) is 0 Å². The van der Waals surface area contributed by atoms with Crippen molar-refractivity contribution >= 4 is 59.3 Å². The predicted octanol–water partition coefficient (Wildman–Crippen LogP) is 9.21. The van der Waals surface area contributed by atoms with Crippen molar-refractivity contribution in [1.82, 2.24) is 0 Å². The van der Waals surface area contributed by atoms with Gasteiger partial charge in [0, 0.05) is 22.6 Å². The number of aromatic hydroxyl groups is 1. The van der Waals surface area contributed by atoms with E-state index in [0.29, 0.717) is 46.5 Å². The monoisotopic (exact) mass is 886 g/mol. The zero-order valence-corrected chi connectivity index (χ0v) is 37.3. The number of carbonyl (C=O) groups excluding carboxylic acids is 4. The summed E-state index contributed by atoms with van der Waals surface area (Å²) >= 11 is 0. The van der Waals surface area contributed by atoms with E-state index in [1.807, 2.05) is 98.0 Å². The second-order valence-corrected chi connectivity index (χ2v) is 16.7. The van der Waals surface area contributed by atoms with Crippen LogP contribution in [-0.2, 0) is 19.2 Å². The fraction of sp³-hybridized carbons (Fsp3) is 0.259. The molecule has 0 unspecified atom stereocenters. The van der Waals surface area contributed by atoms with Gasteiger partial charge in [-0.15, -0.1) is 0 Å². The average molecular weight is 887 g/mol. The van der Waals surface area contributed by atoms with Crippen molar-refractivity contribution in [2.45, 2.75) is 25.7 Å². The fourth-order valence-electron chi connectivity index (χ4n) is 10.3. The Bertz CT molecular complexity index is 2810. The van der Waals surface area contributed by atoms with Gasteiger partial charge < -0.3 is 28.8 Å². The van der Waals surface area contributed by atoms with E-state index in [0.717, 1.165) is 27.8 Å². The molecule has 2 aliphatic carbocycles. The molecule has 336 valence electrons. The quantitative estimate of drug-likeness (QED) is 0.0691. The number of fused-ring (bicyclic) bond motifs is 4. The van der Waals surface area contributed by atoms with Crippen molar-refractivity contribution in [3.05, 3.63) is 143 Å². The van der Waals surface area contributed by atoms with Gasteiger partial charge in [-0.1, -0.05) is 72.4 Å². The number of rotatable bonds is 13. The minimum atomic E-state index is -0.875. The number of benzene rings is 5. The van der Waals surface area contributed by atoms with Crippen LogP contribution in [0.2, 0.25) is 0 Å². The molecular formula is C54H50N2O10. The van der Waals surface area contributed by atoms with Crippen LogP contribution in [0.25, 0.3) is 24.3 Å². The molecule has 4 amide bonds. The van der Waals surface area contributed by atoms with Crippen LogP contribution in [0, 0.1) is 29.6 Å². The summed E-state index contributed by atoms with van der Waals surface area (Å²) in [4.78, 5) is 61.1. The first kappa shape index (κ1) is 43.6. The molecule has 9 rings (SSSR count). The summed E-state index contributed by atoms with van der Waals surface area (Å²) in [6.07, 6.45) is 10.0. The van der Waals surface area contributed by atoms with Crippen LogP contribution in [0.3, 0.4) is 0 Å². The summed E-state index contributed by atoms with van der Waals surface area (Å²) in [6.45, 7) is 2.11. The highest BCUT2D eigenvalue weighted by molar-refractivity contribution is 6.24. The number of ether oxygens (including phenoxy) is 5. The van der Waals surface area contributed by atoms with Gasteiger partial charge in [0.1, 0.15) is 23.0 Å². The molecule has 4 aliphatic rings. The Hall–Kier alpha value is -7.60. The Labute approximate surface area is 383 Å².